The van der Waals surface area contributed by atoms with Gasteiger partial charge in [-0.05, 0) is 38.4 Å². The first-order chi connectivity index (χ1) is 7.99. The highest BCUT2D eigenvalue weighted by Crippen LogP contribution is 2.15. The highest BCUT2D eigenvalue weighted by molar-refractivity contribution is 5.24. The standard InChI is InChI=1S/C15H26N2/c1-12(2)11-17(4)9-8-15(16)14-7-5-6-13(3)10-14/h5-7,10,12,15H,8-9,11,16H2,1-4H3. The molecule has 2 heteroatoms. The monoisotopic (exact) mass is 234 g/mol. The van der Waals surface area contributed by atoms with Gasteiger partial charge in [0.15, 0.2) is 0 Å². The van der Waals surface area contributed by atoms with Crippen LogP contribution in [0.25, 0.3) is 0 Å². The van der Waals surface area contributed by atoms with Crippen molar-refractivity contribution in [3.63, 3.8) is 0 Å². The average Bonchev–Trinajstić information content (AvgIpc) is 2.25. The summed E-state index contributed by atoms with van der Waals surface area (Å²) in [6.45, 7) is 8.81. The van der Waals surface area contributed by atoms with E-state index >= 15 is 0 Å². The van der Waals surface area contributed by atoms with E-state index in [1.807, 2.05) is 0 Å². The third kappa shape index (κ3) is 5.33. The summed E-state index contributed by atoms with van der Waals surface area (Å²) in [6, 6.07) is 8.67. The van der Waals surface area contributed by atoms with Gasteiger partial charge in [0, 0.05) is 12.6 Å². The molecule has 0 fully saturated rings. The van der Waals surface area contributed by atoms with E-state index in [-0.39, 0.29) is 6.04 Å². The molecule has 0 spiro atoms. The highest BCUT2D eigenvalue weighted by atomic mass is 15.1. The zero-order valence-corrected chi connectivity index (χ0v) is 11.6. The predicted molar refractivity (Wildman–Crippen MR) is 75.1 cm³/mol. The number of hydrogen-bond donors (Lipinski definition) is 1. The Bertz CT molecular complexity index is 333. The van der Waals surface area contributed by atoms with Crippen LogP contribution >= 0.6 is 0 Å². The van der Waals surface area contributed by atoms with Crippen molar-refractivity contribution in [2.45, 2.75) is 33.2 Å². The van der Waals surface area contributed by atoms with E-state index in [4.69, 9.17) is 5.73 Å². The van der Waals surface area contributed by atoms with E-state index < -0.39 is 0 Å². The van der Waals surface area contributed by atoms with Gasteiger partial charge in [0.1, 0.15) is 0 Å². The molecule has 1 aromatic rings. The zero-order valence-electron chi connectivity index (χ0n) is 11.6. The van der Waals surface area contributed by atoms with Gasteiger partial charge in [0.25, 0.3) is 0 Å². The summed E-state index contributed by atoms with van der Waals surface area (Å²) < 4.78 is 0. The number of nitrogens with two attached hydrogens (primary N) is 1. The predicted octanol–water partition coefficient (Wildman–Crippen LogP) is 2.97. The molecule has 0 saturated carbocycles. The van der Waals surface area contributed by atoms with Crippen molar-refractivity contribution in [1.29, 1.82) is 0 Å². The minimum absolute atomic E-state index is 0.157. The van der Waals surface area contributed by atoms with Crippen LogP contribution in [0, 0.1) is 12.8 Å². The molecule has 96 valence electrons. The van der Waals surface area contributed by atoms with Crippen LogP contribution in [0.4, 0.5) is 0 Å². The third-order valence-electron chi connectivity index (χ3n) is 2.97. The van der Waals surface area contributed by atoms with Gasteiger partial charge in [-0.15, -0.1) is 0 Å². The minimum Gasteiger partial charge on any atom is -0.324 e. The topological polar surface area (TPSA) is 29.3 Å². The van der Waals surface area contributed by atoms with Crippen molar-refractivity contribution < 1.29 is 0 Å². The van der Waals surface area contributed by atoms with Gasteiger partial charge in [0.05, 0.1) is 0 Å². The molecular weight excluding hydrogens is 208 g/mol. The van der Waals surface area contributed by atoms with E-state index in [1.165, 1.54) is 11.1 Å². The molecule has 0 saturated heterocycles. The maximum Gasteiger partial charge on any atom is 0.0307 e. The first-order valence-corrected chi connectivity index (χ1v) is 6.49. The summed E-state index contributed by atoms with van der Waals surface area (Å²) in [7, 11) is 2.17. The first kappa shape index (κ1) is 14.2. The Morgan fingerprint density at radius 1 is 1.29 bits per heavy atom. The summed E-state index contributed by atoms with van der Waals surface area (Å²) in [5.74, 6) is 0.718. The van der Waals surface area contributed by atoms with Crippen LogP contribution in [0.1, 0.15) is 37.4 Å². The fraction of sp³-hybridized carbons (Fsp3) is 0.600. The molecule has 2 nitrogen and oxygen atoms in total. The maximum absolute atomic E-state index is 6.22. The number of hydrogen-bond acceptors (Lipinski definition) is 2. The molecule has 0 radical (unpaired) electrons. The van der Waals surface area contributed by atoms with E-state index in [9.17, 15) is 0 Å². The second-order valence-electron chi connectivity index (χ2n) is 5.47. The van der Waals surface area contributed by atoms with Crippen molar-refractivity contribution in [2.24, 2.45) is 11.7 Å². The molecule has 17 heavy (non-hydrogen) atoms. The molecular formula is C15H26N2. The molecule has 1 rings (SSSR count). The molecule has 0 aliphatic carbocycles. The van der Waals surface area contributed by atoms with Crippen molar-refractivity contribution >= 4 is 0 Å². The summed E-state index contributed by atoms with van der Waals surface area (Å²) in [5.41, 5.74) is 8.75. The Morgan fingerprint density at radius 3 is 2.59 bits per heavy atom. The molecule has 0 amide bonds. The zero-order chi connectivity index (χ0) is 12.8. The SMILES string of the molecule is Cc1cccc(C(N)CCN(C)CC(C)C)c1. The quantitative estimate of drug-likeness (QED) is 0.820. The van der Waals surface area contributed by atoms with Crippen LogP contribution in [0.5, 0.6) is 0 Å². The molecule has 0 aliphatic heterocycles. The average molecular weight is 234 g/mol. The molecule has 1 aromatic carbocycles. The molecule has 0 aromatic heterocycles. The van der Waals surface area contributed by atoms with Crippen LogP contribution in [0.3, 0.4) is 0 Å². The van der Waals surface area contributed by atoms with Gasteiger partial charge in [-0.2, -0.15) is 0 Å². The van der Waals surface area contributed by atoms with Crippen LogP contribution in [-0.4, -0.2) is 25.0 Å². The minimum atomic E-state index is 0.157. The van der Waals surface area contributed by atoms with E-state index in [2.05, 4.69) is 57.0 Å². The summed E-state index contributed by atoms with van der Waals surface area (Å²) in [6.07, 6.45) is 1.02. The maximum atomic E-state index is 6.22. The van der Waals surface area contributed by atoms with Crippen molar-refractivity contribution in [1.82, 2.24) is 4.90 Å². The smallest absolute Gasteiger partial charge is 0.0307 e. The van der Waals surface area contributed by atoms with Crippen LogP contribution in [-0.2, 0) is 0 Å². The van der Waals surface area contributed by atoms with Crippen molar-refractivity contribution in [3.05, 3.63) is 35.4 Å². The van der Waals surface area contributed by atoms with Gasteiger partial charge >= 0.3 is 0 Å². The lowest BCUT2D eigenvalue weighted by molar-refractivity contribution is 0.284. The first-order valence-electron chi connectivity index (χ1n) is 6.49. The van der Waals surface area contributed by atoms with Crippen LogP contribution < -0.4 is 5.73 Å². The summed E-state index contributed by atoms with van der Waals surface area (Å²) in [5, 5.41) is 0. The van der Waals surface area contributed by atoms with Gasteiger partial charge in [-0.1, -0.05) is 43.7 Å². The molecule has 0 bridgehead atoms. The normalized spacial score (nSPS) is 13.4. The Hall–Kier alpha value is -0.860. The number of aryl methyl sites for hydroxylation is 1. The Kier molecular flexibility index (Phi) is 5.66. The Morgan fingerprint density at radius 2 is 2.00 bits per heavy atom. The fourth-order valence-electron chi connectivity index (χ4n) is 2.14. The second-order valence-corrected chi connectivity index (χ2v) is 5.47. The van der Waals surface area contributed by atoms with Crippen molar-refractivity contribution in [2.75, 3.05) is 20.1 Å². The van der Waals surface area contributed by atoms with E-state index in [0.29, 0.717) is 0 Å². The lowest BCUT2D eigenvalue weighted by atomic mass is 10.0. The molecule has 1 atom stereocenters. The van der Waals surface area contributed by atoms with Gasteiger partial charge in [0.2, 0.25) is 0 Å². The largest absolute Gasteiger partial charge is 0.324 e. The van der Waals surface area contributed by atoms with Crippen molar-refractivity contribution in [3.8, 4) is 0 Å². The molecule has 2 N–H and O–H groups in total. The third-order valence-corrected chi connectivity index (χ3v) is 2.97. The van der Waals surface area contributed by atoms with Gasteiger partial charge in [-0.3, -0.25) is 0 Å². The van der Waals surface area contributed by atoms with E-state index in [1.54, 1.807) is 0 Å². The molecule has 0 aliphatic rings. The van der Waals surface area contributed by atoms with Gasteiger partial charge in [-0.25, -0.2) is 0 Å². The van der Waals surface area contributed by atoms with Crippen LogP contribution in [0.2, 0.25) is 0 Å². The van der Waals surface area contributed by atoms with E-state index in [0.717, 1.165) is 25.4 Å². The highest BCUT2D eigenvalue weighted by Gasteiger charge is 2.08. The lowest BCUT2D eigenvalue weighted by Crippen LogP contribution is -2.27. The molecule has 0 heterocycles. The van der Waals surface area contributed by atoms with Crippen LogP contribution in [0.15, 0.2) is 24.3 Å². The summed E-state index contributed by atoms with van der Waals surface area (Å²) >= 11 is 0. The fourth-order valence-corrected chi connectivity index (χ4v) is 2.14. The summed E-state index contributed by atoms with van der Waals surface area (Å²) in [4.78, 5) is 2.36. The lowest BCUT2D eigenvalue weighted by Gasteiger charge is -2.21. The molecule has 1 unspecified atom stereocenters. The number of benzene rings is 1. The second kappa shape index (κ2) is 6.77. The number of rotatable bonds is 6. The number of nitrogens with zero attached hydrogens (tertiary/aromatic N) is 1. The Balaban J connectivity index is 2.42. The Labute approximate surface area is 106 Å². The van der Waals surface area contributed by atoms with Gasteiger partial charge < -0.3 is 10.6 Å².